The number of nitrogens with one attached hydrogen (secondary N) is 1. The fourth-order valence-corrected chi connectivity index (χ4v) is 1.98. The lowest BCUT2D eigenvalue weighted by Crippen LogP contribution is -2.15. The van der Waals surface area contributed by atoms with E-state index in [0.29, 0.717) is 6.61 Å². The van der Waals surface area contributed by atoms with Crippen LogP contribution in [0.2, 0.25) is 0 Å². The van der Waals surface area contributed by atoms with Gasteiger partial charge in [0.05, 0.1) is 0 Å². The van der Waals surface area contributed by atoms with E-state index in [1.807, 2.05) is 0 Å². The molecule has 0 amide bonds. The largest absolute Gasteiger partial charge is 0.396 e. The van der Waals surface area contributed by atoms with E-state index in [9.17, 15) is 0 Å². The predicted molar refractivity (Wildman–Crippen MR) is 73.2 cm³/mol. The van der Waals surface area contributed by atoms with E-state index in [-0.39, 0.29) is 0 Å². The molecule has 0 heterocycles. The number of aliphatic hydroxyl groups excluding tert-OH is 1. The Kier molecular flexibility index (Phi) is 6.90. The van der Waals surface area contributed by atoms with Crippen LogP contribution in [0.4, 0.5) is 0 Å². The van der Waals surface area contributed by atoms with Crippen LogP contribution in [0.5, 0.6) is 0 Å². The zero-order valence-corrected chi connectivity index (χ0v) is 11.1. The van der Waals surface area contributed by atoms with Gasteiger partial charge >= 0.3 is 0 Å². The van der Waals surface area contributed by atoms with Gasteiger partial charge in [-0.3, -0.25) is 0 Å². The van der Waals surface area contributed by atoms with Gasteiger partial charge in [0, 0.05) is 13.2 Å². The van der Waals surface area contributed by atoms with Crippen LogP contribution in [0, 0.1) is 13.8 Å². The Morgan fingerprint density at radius 2 is 1.82 bits per heavy atom. The molecule has 1 aromatic carbocycles. The van der Waals surface area contributed by atoms with Gasteiger partial charge in [-0.25, -0.2) is 0 Å². The number of unbranched alkanes of at least 4 members (excludes halogenated alkanes) is 3. The summed E-state index contributed by atoms with van der Waals surface area (Å²) in [5, 5.41) is 12.1. The van der Waals surface area contributed by atoms with Crippen molar-refractivity contribution in [1.82, 2.24) is 5.32 Å². The van der Waals surface area contributed by atoms with Crippen molar-refractivity contribution in [3.05, 3.63) is 34.9 Å². The van der Waals surface area contributed by atoms with Crippen molar-refractivity contribution in [1.29, 1.82) is 0 Å². The fourth-order valence-electron chi connectivity index (χ4n) is 1.98. The molecule has 2 nitrogen and oxygen atoms in total. The number of benzene rings is 1. The van der Waals surface area contributed by atoms with Gasteiger partial charge in [0.25, 0.3) is 0 Å². The van der Waals surface area contributed by atoms with Gasteiger partial charge in [-0.2, -0.15) is 0 Å². The first-order valence-corrected chi connectivity index (χ1v) is 6.61. The Labute approximate surface area is 105 Å². The SMILES string of the molecule is Cc1ccc(CNCCCCCCO)c(C)c1. The van der Waals surface area contributed by atoms with Gasteiger partial charge in [0.15, 0.2) is 0 Å². The van der Waals surface area contributed by atoms with Crippen molar-refractivity contribution < 1.29 is 5.11 Å². The molecule has 0 radical (unpaired) electrons. The minimum absolute atomic E-state index is 0.329. The van der Waals surface area contributed by atoms with Crippen LogP contribution in [-0.2, 0) is 6.54 Å². The zero-order chi connectivity index (χ0) is 12.5. The van der Waals surface area contributed by atoms with Gasteiger partial charge in [0.1, 0.15) is 0 Å². The third kappa shape index (κ3) is 5.85. The topological polar surface area (TPSA) is 32.3 Å². The maximum atomic E-state index is 8.65. The highest BCUT2D eigenvalue weighted by molar-refractivity contribution is 5.30. The average Bonchev–Trinajstić information content (AvgIpc) is 2.30. The van der Waals surface area contributed by atoms with Gasteiger partial charge < -0.3 is 10.4 Å². The molecule has 0 saturated carbocycles. The molecule has 2 heteroatoms. The van der Waals surface area contributed by atoms with E-state index in [1.54, 1.807) is 0 Å². The first-order chi connectivity index (χ1) is 8.24. The second-order valence-corrected chi connectivity index (χ2v) is 4.74. The molecule has 2 N–H and O–H groups in total. The van der Waals surface area contributed by atoms with Gasteiger partial charge in [-0.15, -0.1) is 0 Å². The third-order valence-corrected chi connectivity index (χ3v) is 3.08. The third-order valence-electron chi connectivity index (χ3n) is 3.08. The molecule has 1 aromatic rings. The van der Waals surface area contributed by atoms with Crippen LogP contribution in [0.15, 0.2) is 18.2 Å². The van der Waals surface area contributed by atoms with Crippen LogP contribution in [0.3, 0.4) is 0 Å². The van der Waals surface area contributed by atoms with E-state index < -0.39 is 0 Å². The minimum Gasteiger partial charge on any atom is -0.396 e. The minimum atomic E-state index is 0.329. The molecule has 0 aliphatic heterocycles. The molecular formula is C15H25NO. The molecule has 0 spiro atoms. The molecule has 17 heavy (non-hydrogen) atoms. The molecule has 1 rings (SSSR count). The Balaban J connectivity index is 2.14. The quantitative estimate of drug-likeness (QED) is 0.679. The van der Waals surface area contributed by atoms with Gasteiger partial charge in [0.2, 0.25) is 0 Å². The molecule has 0 aliphatic carbocycles. The van der Waals surface area contributed by atoms with E-state index in [1.165, 1.54) is 29.5 Å². The summed E-state index contributed by atoms with van der Waals surface area (Å²) in [4.78, 5) is 0. The molecule has 0 aromatic heterocycles. The Morgan fingerprint density at radius 1 is 1.06 bits per heavy atom. The average molecular weight is 235 g/mol. The van der Waals surface area contributed by atoms with Crippen molar-refractivity contribution in [3.8, 4) is 0 Å². The standard InChI is InChI=1S/C15H25NO/c1-13-7-8-15(14(2)11-13)12-16-9-5-3-4-6-10-17/h7-8,11,16-17H,3-6,9-10,12H2,1-2H3. The van der Waals surface area contributed by atoms with E-state index in [2.05, 4.69) is 37.4 Å². The van der Waals surface area contributed by atoms with Crippen molar-refractivity contribution in [3.63, 3.8) is 0 Å². The number of rotatable bonds is 8. The second-order valence-electron chi connectivity index (χ2n) is 4.74. The van der Waals surface area contributed by atoms with E-state index >= 15 is 0 Å². The molecule has 0 atom stereocenters. The van der Waals surface area contributed by atoms with Gasteiger partial charge in [-0.05, 0) is 44.4 Å². The highest BCUT2D eigenvalue weighted by Gasteiger charge is 1.97. The van der Waals surface area contributed by atoms with Crippen LogP contribution in [-0.4, -0.2) is 18.3 Å². The lowest BCUT2D eigenvalue weighted by molar-refractivity contribution is 0.282. The normalized spacial score (nSPS) is 10.8. The maximum Gasteiger partial charge on any atom is 0.0431 e. The fraction of sp³-hybridized carbons (Fsp3) is 0.600. The lowest BCUT2D eigenvalue weighted by Gasteiger charge is -2.08. The Morgan fingerprint density at radius 3 is 2.53 bits per heavy atom. The van der Waals surface area contributed by atoms with Gasteiger partial charge in [-0.1, -0.05) is 36.6 Å². The molecule has 0 unspecified atom stereocenters. The summed E-state index contributed by atoms with van der Waals surface area (Å²) in [6, 6.07) is 6.62. The Bertz CT molecular complexity index is 323. The predicted octanol–water partition coefficient (Wildman–Crippen LogP) is 2.95. The van der Waals surface area contributed by atoms with E-state index in [0.717, 1.165) is 25.9 Å². The smallest absolute Gasteiger partial charge is 0.0431 e. The van der Waals surface area contributed by atoms with Crippen LogP contribution >= 0.6 is 0 Å². The van der Waals surface area contributed by atoms with Crippen molar-refractivity contribution >= 4 is 0 Å². The first-order valence-electron chi connectivity index (χ1n) is 6.61. The number of aliphatic hydroxyl groups is 1. The molecule has 0 saturated heterocycles. The summed E-state index contributed by atoms with van der Waals surface area (Å²) in [7, 11) is 0. The van der Waals surface area contributed by atoms with Crippen LogP contribution < -0.4 is 5.32 Å². The first kappa shape index (κ1) is 14.2. The number of aryl methyl sites for hydroxylation is 2. The van der Waals surface area contributed by atoms with Crippen molar-refractivity contribution in [2.45, 2.75) is 46.1 Å². The summed E-state index contributed by atoms with van der Waals surface area (Å²) in [5.41, 5.74) is 4.10. The zero-order valence-electron chi connectivity index (χ0n) is 11.1. The number of hydrogen-bond donors (Lipinski definition) is 2. The summed E-state index contributed by atoms with van der Waals surface area (Å²) < 4.78 is 0. The van der Waals surface area contributed by atoms with Crippen LogP contribution in [0.25, 0.3) is 0 Å². The molecule has 96 valence electrons. The highest BCUT2D eigenvalue weighted by Crippen LogP contribution is 2.10. The monoisotopic (exact) mass is 235 g/mol. The summed E-state index contributed by atoms with van der Waals surface area (Å²) in [6.07, 6.45) is 4.49. The number of hydrogen-bond acceptors (Lipinski definition) is 2. The van der Waals surface area contributed by atoms with Crippen LogP contribution in [0.1, 0.15) is 42.4 Å². The summed E-state index contributed by atoms with van der Waals surface area (Å²) in [5.74, 6) is 0. The maximum absolute atomic E-state index is 8.65. The molecule has 0 aliphatic rings. The molecular weight excluding hydrogens is 210 g/mol. The second kappa shape index (κ2) is 8.26. The molecule has 0 bridgehead atoms. The summed E-state index contributed by atoms with van der Waals surface area (Å²) in [6.45, 7) is 6.66. The van der Waals surface area contributed by atoms with Crippen molar-refractivity contribution in [2.75, 3.05) is 13.2 Å². The molecule has 0 fully saturated rings. The lowest BCUT2D eigenvalue weighted by atomic mass is 10.1. The highest BCUT2D eigenvalue weighted by atomic mass is 16.2. The Hall–Kier alpha value is -0.860. The van der Waals surface area contributed by atoms with Crippen molar-refractivity contribution in [2.24, 2.45) is 0 Å². The van der Waals surface area contributed by atoms with E-state index in [4.69, 9.17) is 5.11 Å². The summed E-state index contributed by atoms with van der Waals surface area (Å²) >= 11 is 0.